The number of methoxy groups -OCH3 is 1. The van der Waals surface area contributed by atoms with Crippen LogP contribution in [0.5, 0.6) is 5.75 Å². The molecular weight excluding hydrogens is 392 g/mol. The molecule has 152 valence electrons. The van der Waals surface area contributed by atoms with Crippen molar-refractivity contribution < 1.29 is 9.53 Å². The van der Waals surface area contributed by atoms with E-state index in [4.69, 9.17) is 22.1 Å². The maximum Gasteiger partial charge on any atom is 0.226 e. The molecule has 0 saturated heterocycles. The Labute approximate surface area is 173 Å². The van der Waals surface area contributed by atoms with E-state index >= 15 is 0 Å². The molecule has 1 aromatic carbocycles. The van der Waals surface area contributed by atoms with Crippen molar-refractivity contribution in [2.45, 2.75) is 38.3 Å². The van der Waals surface area contributed by atoms with Gasteiger partial charge < -0.3 is 20.4 Å². The van der Waals surface area contributed by atoms with Crippen LogP contribution in [0.3, 0.4) is 0 Å². The molecule has 1 fully saturated rings. The number of imidazole rings is 1. The zero-order valence-electron chi connectivity index (χ0n) is 16.1. The molecule has 1 amide bonds. The number of halogens is 1. The molecule has 1 aliphatic carbocycles. The first-order valence-electron chi connectivity index (χ1n) is 9.61. The zero-order valence-corrected chi connectivity index (χ0v) is 16.9. The third-order valence-electron chi connectivity index (χ3n) is 5.48. The van der Waals surface area contributed by atoms with E-state index in [0.717, 1.165) is 37.0 Å². The van der Waals surface area contributed by atoms with Crippen LogP contribution >= 0.6 is 11.6 Å². The Morgan fingerprint density at radius 3 is 2.86 bits per heavy atom. The number of anilines is 1. The molecule has 0 aliphatic heterocycles. The molecule has 1 saturated carbocycles. The largest absolute Gasteiger partial charge is 0.497 e. The normalized spacial score (nSPS) is 19.2. The van der Waals surface area contributed by atoms with Crippen molar-refractivity contribution in [1.29, 1.82) is 0 Å². The van der Waals surface area contributed by atoms with Gasteiger partial charge in [0.2, 0.25) is 11.2 Å². The van der Waals surface area contributed by atoms with E-state index < -0.39 is 0 Å². The number of carbonyl (C=O) groups excluding carboxylic acids is 1. The number of benzene rings is 1. The molecule has 2 aromatic heterocycles. The monoisotopic (exact) mass is 414 g/mol. The Balaban J connectivity index is 1.36. The highest BCUT2D eigenvalue weighted by Gasteiger charge is 2.28. The second-order valence-electron chi connectivity index (χ2n) is 7.28. The molecule has 0 atom stereocenters. The summed E-state index contributed by atoms with van der Waals surface area (Å²) in [5.74, 6) is 1.17. The van der Waals surface area contributed by atoms with Gasteiger partial charge in [0.25, 0.3) is 0 Å². The fourth-order valence-electron chi connectivity index (χ4n) is 3.91. The smallest absolute Gasteiger partial charge is 0.226 e. The Hall–Kier alpha value is -2.87. The van der Waals surface area contributed by atoms with Crippen LogP contribution in [0.1, 0.15) is 37.3 Å². The summed E-state index contributed by atoms with van der Waals surface area (Å²) in [5.41, 5.74) is 8.12. The number of ether oxygens (including phenoxy) is 1. The molecule has 4 rings (SSSR count). The van der Waals surface area contributed by atoms with Crippen LogP contribution in [0.25, 0.3) is 11.2 Å². The van der Waals surface area contributed by atoms with Crippen LogP contribution in [-0.4, -0.2) is 32.5 Å². The summed E-state index contributed by atoms with van der Waals surface area (Å²) in [7, 11) is 1.63. The van der Waals surface area contributed by atoms with Crippen molar-refractivity contribution in [2.75, 3.05) is 12.8 Å². The van der Waals surface area contributed by atoms with Crippen LogP contribution in [0.15, 0.2) is 30.6 Å². The lowest BCUT2D eigenvalue weighted by Crippen LogP contribution is -2.33. The van der Waals surface area contributed by atoms with Gasteiger partial charge in [-0.15, -0.1) is 0 Å². The van der Waals surface area contributed by atoms with Crippen LogP contribution < -0.4 is 15.8 Å². The molecule has 2 heterocycles. The lowest BCUT2D eigenvalue weighted by atomic mass is 9.85. The highest BCUT2D eigenvalue weighted by molar-refractivity contribution is 6.28. The number of hydrogen-bond acceptors (Lipinski definition) is 6. The molecule has 0 unspecified atom stereocenters. The van der Waals surface area contributed by atoms with Gasteiger partial charge in [-0.3, -0.25) is 4.79 Å². The summed E-state index contributed by atoms with van der Waals surface area (Å²) in [6.07, 6.45) is 5.08. The van der Waals surface area contributed by atoms with E-state index in [-0.39, 0.29) is 29.0 Å². The molecule has 0 bridgehead atoms. The second-order valence-corrected chi connectivity index (χ2v) is 7.61. The number of nitrogens with one attached hydrogen (secondary N) is 1. The molecule has 3 N–H and O–H groups in total. The molecule has 29 heavy (non-hydrogen) atoms. The summed E-state index contributed by atoms with van der Waals surface area (Å²) >= 11 is 5.96. The van der Waals surface area contributed by atoms with E-state index in [1.54, 1.807) is 13.4 Å². The van der Waals surface area contributed by atoms with Crippen molar-refractivity contribution >= 4 is 34.5 Å². The molecule has 9 heteroatoms. The quantitative estimate of drug-likeness (QED) is 0.621. The second kappa shape index (κ2) is 8.24. The van der Waals surface area contributed by atoms with Gasteiger partial charge in [-0.25, -0.2) is 4.98 Å². The minimum atomic E-state index is 0.00919. The highest BCUT2D eigenvalue weighted by atomic mass is 35.5. The third-order valence-corrected chi connectivity index (χ3v) is 5.65. The summed E-state index contributed by atoms with van der Waals surface area (Å²) in [6.45, 7) is 0.497. The number of rotatable bonds is 5. The van der Waals surface area contributed by atoms with E-state index in [1.807, 2.05) is 28.8 Å². The Morgan fingerprint density at radius 2 is 2.10 bits per heavy atom. The van der Waals surface area contributed by atoms with E-state index in [1.165, 1.54) is 0 Å². The van der Waals surface area contributed by atoms with Crippen LogP contribution in [-0.2, 0) is 11.3 Å². The number of fused-ring (bicyclic) bond motifs is 1. The van der Waals surface area contributed by atoms with Gasteiger partial charge in [0, 0.05) is 18.5 Å². The summed E-state index contributed by atoms with van der Waals surface area (Å²) in [6, 6.07) is 7.93. The number of nitrogens with zero attached hydrogens (tertiary/aromatic N) is 4. The lowest BCUT2D eigenvalue weighted by Gasteiger charge is -2.28. The summed E-state index contributed by atoms with van der Waals surface area (Å²) in [5, 5.41) is 3.16. The van der Waals surface area contributed by atoms with Crippen molar-refractivity contribution in [2.24, 2.45) is 5.92 Å². The maximum atomic E-state index is 12.6. The predicted molar refractivity (Wildman–Crippen MR) is 111 cm³/mol. The van der Waals surface area contributed by atoms with Gasteiger partial charge in [0.1, 0.15) is 11.3 Å². The number of amides is 1. The zero-order chi connectivity index (χ0) is 20.4. The minimum absolute atomic E-state index is 0.00919. The number of carbonyl (C=O) groups is 1. The number of nitrogen functional groups attached to an aromatic ring is 1. The first-order valence-corrected chi connectivity index (χ1v) is 9.99. The van der Waals surface area contributed by atoms with Gasteiger partial charge >= 0.3 is 0 Å². The maximum absolute atomic E-state index is 12.6. The number of hydrogen-bond donors (Lipinski definition) is 2. The lowest BCUT2D eigenvalue weighted by molar-refractivity contribution is -0.126. The minimum Gasteiger partial charge on any atom is -0.497 e. The van der Waals surface area contributed by atoms with Crippen LogP contribution in [0.4, 0.5) is 5.82 Å². The standard InChI is InChI=1S/C20H23ClN6O2/c1-29-15-4-2-3-12(9-15)10-23-19(28)13-5-7-14(8-6-13)27-11-24-16-17(22)25-20(21)26-18(16)27/h2-4,9,11,13-14H,5-8,10H2,1H3,(H,23,28)(H2,22,25,26). The van der Waals surface area contributed by atoms with Crippen molar-refractivity contribution in [3.05, 3.63) is 41.4 Å². The van der Waals surface area contributed by atoms with Gasteiger partial charge in [0.15, 0.2) is 11.5 Å². The molecule has 0 radical (unpaired) electrons. The number of aromatic nitrogens is 4. The number of nitrogens with two attached hydrogens (primary N) is 1. The molecule has 8 nitrogen and oxygen atoms in total. The van der Waals surface area contributed by atoms with Crippen LogP contribution in [0, 0.1) is 5.92 Å². The van der Waals surface area contributed by atoms with Gasteiger partial charge in [-0.1, -0.05) is 12.1 Å². The molecule has 3 aromatic rings. The summed E-state index contributed by atoms with van der Waals surface area (Å²) < 4.78 is 7.23. The Bertz CT molecular complexity index is 1030. The van der Waals surface area contributed by atoms with Crippen molar-refractivity contribution in [1.82, 2.24) is 24.8 Å². The van der Waals surface area contributed by atoms with Gasteiger partial charge in [-0.2, -0.15) is 9.97 Å². The first kappa shape index (κ1) is 19.4. The van der Waals surface area contributed by atoms with E-state index in [9.17, 15) is 4.79 Å². The van der Waals surface area contributed by atoms with Crippen LogP contribution in [0.2, 0.25) is 5.28 Å². The van der Waals surface area contributed by atoms with Crippen molar-refractivity contribution in [3.8, 4) is 5.75 Å². The van der Waals surface area contributed by atoms with Gasteiger partial charge in [-0.05, 0) is 55.0 Å². The first-order chi connectivity index (χ1) is 14.0. The predicted octanol–water partition coefficient (Wildman–Crippen LogP) is 3.12. The fraction of sp³-hybridized carbons (Fsp3) is 0.400. The summed E-state index contributed by atoms with van der Waals surface area (Å²) in [4.78, 5) is 25.2. The Kier molecular flexibility index (Phi) is 5.53. The van der Waals surface area contributed by atoms with Gasteiger partial charge in [0.05, 0.1) is 13.4 Å². The van der Waals surface area contributed by atoms with Crippen molar-refractivity contribution in [3.63, 3.8) is 0 Å². The average Bonchev–Trinajstić information content (AvgIpc) is 3.16. The Morgan fingerprint density at radius 1 is 1.31 bits per heavy atom. The molecule has 0 spiro atoms. The third kappa shape index (κ3) is 4.12. The molecule has 1 aliphatic rings. The fourth-order valence-corrected chi connectivity index (χ4v) is 4.08. The topological polar surface area (TPSA) is 108 Å². The van der Waals surface area contributed by atoms with E-state index in [0.29, 0.717) is 17.7 Å². The molecular formula is C20H23ClN6O2. The SMILES string of the molecule is COc1cccc(CNC(=O)C2CCC(n3cnc4c(N)nc(Cl)nc43)CC2)c1. The van der Waals surface area contributed by atoms with E-state index in [2.05, 4.69) is 20.3 Å². The highest BCUT2D eigenvalue weighted by Crippen LogP contribution is 2.34. The average molecular weight is 415 g/mol.